The summed E-state index contributed by atoms with van der Waals surface area (Å²) in [5.41, 5.74) is -0.818. The van der Waals surface area contributed by atoms with Gasteiger partial charge < -0.3 is 10.4 Å². The fourth-order valence-electron chi connectivity index (χ4n) is 2.46. The Morgan fingerprint density at radius 3 is 2.29 bits per heavy atom. The number of Topliss-reactive ketones (excluding diaryl/α,β-unsaturated/α-hetero) is 1. The van der Waals surface area contributed by atoms with Crippen LogP contribution < -0.4 is 5.32 Å². The number of carbonyl (C=O) groups excluding carboxylic acids is 2. The molecule has 2 atom stereocenters. The van der Waals surface area contributed by atoms with Crippen molar-refractivity contribution in [2.75, 3.05) is 13.1 Å². The molecule has 1 amide bonds. The fourth-order valence-corrected chi connectivity index (χ4v) is 2.46. The Morgan fingerprint density at radius 2 is 1.86 bits per heavy atom. The van der Waals surface area contributed by atoms with E-state index in [4.69, 9.17) is 0 Å². The first-order valence-corrected chi connectivity index (χ1v) is 7.50. The van der Waals surface area contributed by atoms with Gasteiger partial charge in [-0.25, -0.2) is 4.79 Å². The predicted octanol–water partition coefficient (Wildman–Crippen LogP) is 1.05. The number of piperidine rings is 1. The molecular weight excluding hydrogens is 272 g/mol. The van der Waals surface area contributed by atoms with Crippen molar-refractivity contribution in [3.63, 3.8) is 0 Å². The van der Waals surface area contributed by atoms with Gasteiger partial charge in [-0.2, -0.15) is 0 Å². The molecule has 0 aromatic rings. The van der Waals surface area contributed by atoms with Gasteiger partial charge in [0.15, 0.2) is 0 Å². The monoisotopic (exact) mass is 298 g/mol. The highest BCUT2D eigenvalue weighted by atomic mass is 16.4. The number of nitrogens with one attached hydrogen (secondary N) is 1. The van der Waals surface area contributed by atoms with Crippen LogP contribution in [0.25, 0.3) is 0 Å². The van der Waals surface area contributed by atoms with Gasteiger partial charge in [0, 0.05) is 25.9 Å². The predicted molar refractivity (Wildman–Crippen MR) is 78.9 cm³/mol. The lowest BCUT2D eigenvalue weighted by atomic mass is 9.94. The molecule has 0 aliphatic carbocycles. The summed E-state index contributed by atoms with van der Waals surface area (Å²) in [6, 6.07) is -0.881. The normalized spacial score (nSPS) is 19.9. The first-order valence-electron chi connectivity index (χ1n) is 7.50. The van der Waals surface area contributed by atoms with E-state index in [-0.39, 0.29) is 17.6 Å². The van der Waals surface area contributed by atoms with Crippen molar-refractivity contribution < 1.29 is 19.5 Å². The van der Waals surface area contributed by atoms with E-state index < -0.39 is 17.6 Å². The SMILES string of the molecule is CCC(C)C(NC(=O)C(C)(C)N1CCC(=O)CC1)C(=O)O. The Labute approximate surface area is 125 Å². The van der Waals surface area contributed by atoms with Crippen LogP contribution in [0.1, 0.15) is 47.0 Å². The summed E-state index contributed by atoms with van der Waals surface area (Å²) in [7, 11) is 0. The summed E-state index contributed by atoms with van der Waals surface area (Å²) in [5, 5.41) is 11.9. The molecule has 0 aromatic carbocycles. The lowest BCUT2D eigenvalue weighted by molar-refractivity contribution is -0.146. The van der Waals surface area contributed by atoms with Crippen LogP contribution >= 0.6 is 0 Å². The maximum Gasteiger partial charge on any atom is 0.326 e. The lowest BCUT2D eigenvalue weighted by Crippen LogP contribution is -2.60. The molecule has 1 aliphatic heterocycles. The molecule has 2 N–H and O–H groups in total. The van der Waals surface area contributed by atoms with Gasteiger partial charge in [0.1, 0.15) is 11.8 Å². The minimum Gasteiger partial charge on any atom is -0.480 e. The van der Waals surface area contributed by atoms with Crippen LogP contribution in [-0.2, 0) is 14.4 Å². The number of hydrogen-bond acceptors (Lipinski definition) is 4. The number of ketones is 1. The summed E-state index contributed by atoms with van der Waals surface area (Å²) in [6.07, 6.45) is 1.57. The Morgan fingerprint density at radius 1 is 1.33 bits per heavy atom. The third-order valence-corrected chi connectivity index (χ3v) is 4.43. The molecular formula is C15H26N2O4. The largest absolute Gasteiger partial charge is 0.480 e. The van der Waals surface area contributed by atoms with Crippen LogP contribution in [0, 0.1) is 5.92 Å². The van der Waals surface area contributed by atoms with E-state index in [1.165, 1.54) is 0 Å². The second-order valence-corrected chi connectivity index (χ2v) is 6.26. The highest BCUT2D eigenvalue weighted by Crippen LogP contribution is 2.20. The molecule has 120 valence electrons. The van der Waals surface area contributed by atoms with E-state index in [1.54, 1.807) is 13.8 Å². The smallest absolute Gasteiger partial charge is 0.326 e. The zero-order valence-electron chi connectivity index (χ0n) is 13.3. The van der Waals surface area contributed by atoms with Crippen LogP contribution in [0.3, 0.4) is 0 Å². The van der Waals surface area contributed by atoms with Crippen molar-refractivity contribution in [2.24, 2.45) is 5.92 Å². The zero-order chi connectivity index (χ0) is 16.2. The molecule has 6 nitrogen and oxygen atoms in total. The molecule has 1 rings (SSSR count). The van der Waals surface area contributed by atoms with Crippen LogP contribution in [0.5, 0.6) is 0 Å². The summed E-state index contributed by atoms with van der Waals surface area (Å²) in [4.78, 5) is 37.0. The summed E-state index contributed by atoms with van der Waals surface area (Å²) in [5.74, 6) is -1.23. The van der Waals surface area contributed by atoms with Gasteiger partial charge in [0.25, 0.3) is 0 Å². The first-order chi connectivity index (χ1) is 9.70. The first kappa shape index (κ1) is 17.6. The molecule has 1 fully saturated rings. The maximum absolute atomic E-state index is 12.5. The van der Waals surface area contributed by atoms with Crippen molar-refractivity contribution in [2.45, 2.75) is 58.5 Å². The second kappa shape index (κ2) is 7.02. The van der Waals surface area contributed by atoms with Crippen LogP contribution in [0.15, 0.2) is 0 Å². The molecule has 0 radical (unpaired) electrons. The zero-order valence-corrected chi connectivity index (χ0v) is 13.3. The summed E-state index contributed by atoms with van der Waals surface area (Å²) in [6.45, 7) is 8.34. The number of carboxylic acid groups (broad SMARTS) is 1. The maximum atomic E-state index is 12.5. The number of likely N-dealkylation sites (tertiary alicyclic amines) is 1. The number of amides is 1. The van der Waals surface area contributed by atoms with Gasteiger partial charge in [-0.1, -0.05) is 20.3 Å². The lowest BCUT2D eigenvalue weighted by Gasteiger charge is -2.40. The van der Waals surface area contributed by atoms with E-state index in [1.807, 2.05) is 18.7 Å². The van der Waals surface area contributed by atoms with E-state index >= 15 is 0 Å². The van der Waals surface area contributed by atoms with Gasteiger partial charge >= 0.3 is 5.97 Å². The van der Waals surface area contributed by atoms with Crippen LogP contribution in [0.2, 0.25) is 0 Å². The number of nitrogens with zero attached hydrogens (tertiary/aromatic N) is 1. The minimum absolute atomic E-state index is 0.134. The molecule has 0 spiro atoms. The molecule has 1 aliphatic rings. The summed E-state index contributed by atoms with van der Waals surface area (Å²) >= 11 is 0. The van der Waals surface area contributed by atoms with Gasteiger partial charge in [0.05, 0.1) is 5.54 Å². The third kappa shape index (κ3) is 4.27. The molecule has 0 bridgehead atoms. The van der Waals surface area contributed by atoms with E-state index in [2.05, 4.69) is 5.32 Å². The van der Waals surface area contributed by atoms with E-state index in [9.17, 15) is 19.5 Å². The standard InChI is InChI=1S/C15H26N2O4/c1-5-10(2)12(13(19)20)16-14(21)15(3,4)17-8-6-11(18)7-9-17/h10,12H,5-9H2,1-4H3,(H,16,21)(H,19,20). The fraction of sp³-hybridized carbons (Fsp3) is 0.800. The number of aliphatic carboxylic acids is 1. The number of hydrogen-bond donors (Lipinski definition) is 2. The Hall–Kier alpha value is -1.43. The Balaban J connectivity index is 2.75. The van der Waals surface area contributed by atoms with Gasteiger partial charge in [0.2, 0.25) is 5.91 Å². The number of carboxylic acids is 1. The molecule has 2 unspecified atom stereocenters. The van der Waals surface area contributed by atoms with Gasteiger partial charge in [-0.15, -0.1) is 0 Å². The highest BCUT2D eigenvalue weighted by molar-refractivity contribution is 5.90. The van der Waals surface area contributed by atoms with Crippen molar-refractivity contribution in [1.82, 2.24) is 10.2 Å². The van der Waals surface area contributed by atoms with Gasteiger partial charge in [-0.05, 0) is 19.8 Å². The molecule has 0 aromatic heterocycles. The second-order valence-electron chi connectivity index (χ2n) is 6.26. The molecule has 6 heteroatoms. The molecule has 0 saturated carbocycles. The van der Waals surface area contributed by atoms with Crippen molar-refractivity contribution in [1.29, 1.82) is 0 Å². The third-order valence-electron chi connectivity index (χ3n) is 4.43. The van der Waals surface area contributed by atoms with Crippen molar-refractivity contribution in [3.8, 4) is 0 Å². The highest BCUT2D eigenvalue weighted by Gasteiger charge is 2.38. The number of rotatable bonds is 6. The molecule has 21 heavy (non-hydrogen) atoms. The minimum atomic E-state index is -1.01. The molecule has 1 heterocycles. The molecule has 1 saturated heterocycles. The quantitative estimate of drug-likeness (QED) is 0.765. The van der Waals surface area contributed by atoms with Gasteiger partial charge in [-0.3, -0.25) is 14.5 Å². The topological polar surface area (TPSA) is 86.7 Å². The summed E-state index contributed by atoms with van der Waals surface area (Å²) < 4.78 is 0. The Bertz CT molecular complexity index is 410. The Kier molecular flexibility index (Phi) is 5.89. The average Bonchev–Trinajstić information content (AvgIpc) is 2.43. The van der Waals surface area contributed by atoms with Crippen LogP contribution in [0.4, 0.5) is 0 Å². The van der Waals surface area contributed by atoms with Crippen LogP contribution in [-0.4, -0.2) is 52.3 Å². The number of carbonyl (C=O) groups is 3. The van der Waals surface area contributed by atoms with E-state index in [0.29, 0.717) is 32.4 Å². The van der Waals surface area contributed by atoms with Crippen molar-refractivity contribution in [3.05, 3.63) is 0 Å². The van der Waals surface area contributed by atoms with Crippen molar-refractivity contribution >= 4 is 17.7 Å². The average molecular weight is 298 g/mol. The van der Waals surface area contributed by atoms with E-state index in [0.717, 1.165) is 0 Å².